The highest BCUT2D eigenvalue weighted by atomic mass is 32.9. The van der Waals surface area contributed by atoms with Gasteiger partial charge in [0.15, 0.2) is 0 Å². The molecule has 1 atom stereocenters. The van der Waals surface area contributed by atoms with Gasteiger partial charge in [-0.15, -0.1) is 0 Å². The van der Waals surface area contributed by atoms with Gasteiger partial charge in [0.25, 0.3) is 9.05 Å². The summed E-state index contributed by atoms with van der Waals surface area (Å²) in [4.78, 5) is 0. The van der Waals surface area contributed by atoms with Crippen molar-refractivity contribution in [3.05, 3.63) is 0 Å². The maximum Gasteiger partial charge on any atom is 0.266 e. The molecule has 0 amide bonds. The van der Waals surface area contributed by atoms with E-state index in [0.29, 0.717) is 0 Å². The van der Waals surface area contributed by atoms with Gasteiger partial charge >= 0.3 is 0 Å². The van der Waals surface area contributed by atoms with E-state index < -0.39 is 9.05 Å². The Hall–Kier alpha value is 0.250. The Morgan fingerprint density at radius 3 is 2.14 bits per heavy atom. The molecule has 86 valence electrons. The number of unbranched alkanes of at least 4 members (excludes halogenated alkanes) is 5. The lowest BCUT2D eigenvalue weighted by molar-refractivity contribution is 0.294. The average molecular weight is 241 g/mol. The van der Waals surface area contributed by atoms with Crippen LogP contribution in [0, 0.1) is 0 Å². The van der Waals surface area contributed by atoms with E-state index >= 15 is 0 Å². The Balaban J connectivity index is 3.07. The number of nitrogens with two attached hydrogens (primary N) is 1. The molecule has 0 aromatic rings. The molecule has 0 rings (SSSR count). The fraction of sp³-hybridized carbons (Fsp3) is 1.00. The minimum atomic E-state index is -3.41. The summed E-state index contributed by atoms with van der Waals surface area (Å²) in [6.45, 7) is 1.03. The lowest BCUT2D eigenvalue weighted by Gasteiger charge is -2.02. The van der Waals surface area contributed by atoms with Crippen molar-refractivity contribution >= 4 is 20.2 Å². The Kier molecular flexibility index (Phi) is 8.70. The molecular formula is C8H19NO3S2. The van der Waals surface area contributed by atoms with Crippen LogP contribution in [0.2, 0.25) is 0 Å². The molecule has 0 saturated heterocycles. The van der Waals surface area contributed by atoms with Gasteiger partial charge in [-0.25, -0.2) is 0 Å². The van der Waals surface area contributed by atoms with E-state index in [2.05, 4.69) is 15.4 Å². The van der Waals surface area contributed by atoms with E-state index in [1.54, 1.807) is 0 Å². The Morgan fingerprint density at radius 2 is 1.64 bits per heavy atom. The third-order valence-corrected chi connectivity index (χ3v) is 2.58. The molecule has 0 aliphatic carbocycles. The van der Waals surface area contributed by atoms with E-state index in [4.69, 9.17) is 10.3 Å². The molecule has 0 fully saturated rings. The van der Waals surface area contributed by atoms with E-state index in [0.717, 1.165) is 38.6 Å². The lowest BCUT2D eigenvalue weighted by Crippen LogP contribution is -2.03. The fourth-order valence-corrected chi connectivity index (χ4v) is 1.65. The zero-order valence-corrected chi connectivity index (χ0v) is 9.95. The Labute approximate surface area is 90.9 Å². The first-order chi connectivity index (χ1) is 6.56. The van der Waals surface area contributed by atoms with Crippen molar-refractivity contribution in [2.24, 2.45) is 5.73 Å². The topological polar surface area (TPSA) is 72.5 Å². The summed E-state index contributed by atoms with van der Waals surface area (Å²) in [5, 5.41) is 0. The normalized spacial score (nSPS) is 15.3. The SMILES string of the molecule is NCCCCCCCCOS(=O)(O)=S. The Morgan fingerprint density at radius 1 is 1.14 bits per heavy atom. The van der Waals surface area contributed by atoms with E-state index in [1.165, 1.54) is 6.42 Å². The third-order valence-electron chi connectivity index (χ3n) is 1.83. The van der Waals surface area contributed by atoms with Gasteiger partial charge in [0.2, 0.25) is 0 Å². The largest absolute Gasteiger partial charge is 0.330 e. The van der Waals surface area contributed by atoms with Gasteiger partial charge in [0, 0.05) is 11.2 Å². The van der Waals surface area contributed by atoms with Crippen LogP contribution in [0.5, 0.6) is 0 Å². The zero-order chi connectivity index (χ0) is 10.9. The zero-order valence-electron chi connectivity index (χ0n) is 8.31. The second kappa shape index (κ2) is 8.55. The molecule has 0 heterocycles. The number of hydrogen-bond acceptors (Lipinski definition) is 4. The van der Waals surface area contributed by atoms with Crippen LogP contribution >= 0.6 is 0 Å². The molecule has 0 spiro atoms. The molecule has 1 unspecified atom stereocenters. The van der Waals surface area contributed by atoms with Gasteiger partial charge in [-0.1, -0.05) is 25.7 Å². The maximum atomic E-state index is 10.5. The minimum Gasteiger partial charge on any atom is -0.330 e. The van der Waals surface area contributed by atoms with Crippen molar-refractivity contribution in [1.29, 1.82) is 0 Å². The highest BCUT2D eigenvalue weighted by molar-refractivity contribution is 8.27. The maximum absolute atomic E-state index is 10.5. The molecule has 0 aliphatic rings. The van der Waals surface area contributed by atoms with Crippen molar-refractivity contribution in [1.82, 2.24) is 0 Å². The summed E-state index contributed by atoms with van der Waals surface area (Å²) < 4.78 is 23.6. The molecule has 0 radical (unpaired) electrons. The molecule has 6 heteroatoms. The van der Waals surface area contributed by atoms with Crippen molar-refractivity contribution in [3.8, 4) is 0 Å². The monoisotopic (exact) mass is 241 g/mol. The molecule has 4 nitrogen and oxygen atoms in total. The van der Waals surface area contributed by atoms with Gasteiger partial charge in [-0.05, 0) is 19.4 Å². The van der Waals surface area contributed by atoms with Crippen LogP contribution in [0.3, 0.4) is 0 Å². The molecule has 3 N–H and O–H groups in total. The van der Waals surface area contributed by atoms with Crippen molar-refractivity contribution in [2.45, 2.75) is 38.5 Å². The third kappa shape index (κ3) is 12.2. The molecular weight excluding hydrogens is 222 g/mol. The summed E-state index contributed by atoms with van der Waals surface area (Å²) in [5.74, 6) is 0. The average Bonchev–Trinajstić information content (AvgIpc) is 2.08. The van der Waals surface area contributed by atoms with E-state index in [9.17, 15) is 4.21 Å². The lowest BCUT2D eigenvalue weighted by atomic mass is 10.1. The van der Waals surface area contributed by atoms with Crippen LogP contribution in [0.15, 0.2) is 0 Å². The first kappa shape index (κ1) is 14.2. The first-order valence-corrected chi connectivity index (χ1v) is 7.24. The second-order valence-electron chi connectivity index (χ2n) is 3.16. The fourth-order valence-electron chi connectivity index (χ4n) is 1.12. The molecule has 0 aliphatic heterocycles. The molecule has 0 saturated carbocycles. The smallest absolute Gasteiger partial charge is 0.266 e. The van der Waals surface area contributed by atoms with Crippen LogP contribution in [0.25, 0.3) is 0 Å². The predicted octanol–water partition coefficient (Wildman–Crippen LogP) is 1.44. The predicted molar refractivity (Wildman–Crippen MR) is 60.8 cm³/mol. The highest BCUT2D eigenvalue weighted by Gasteiger charge is 1.98. The molecule has 0 bridgehead atoms. The van der Waals surface area contributed by atoms with Crippen LogP contribution in [0.1, 0.15) is 38.5 Å². The van der Waals surface area contributed by atoms with Crippen LogP contribution in [-0.2, 0) is 24.4 Å². The van der Waals surface area contributed by atoms with Crippen molar-refractivity contribution < 1.29 is 12.9 Å². The van der Waals surface area contributed by atoms with Gasteiger partial charge < -0.3 is 5.73 Å². The number of hydrogen-bond donors (Lipinski definition) is 2. The van der Waals surface area contributed by atoms with E-state index in [-0.39, 0.29) is 6.61 Å². The summed E-state index contributed by atoms with van der Waals surface area (Å²) in [6.07, 6.45) is 6.32. The van der Waals surface area contributed by atoms with Crippen molar-refractivity contribution in [2.75, 3.05) is 13.2 Å². The summed E-state index contributed by atoms with van der Waals surface area (Å²) >= 11 is 4.17. The summed E-state index contributed by atoms with van der Waals surface area (Å²) in [7, 11) is -3.41. The first-order valence-electron chi connectivity index (χ1n) is 4.88. The van der Waals surface area contributed by atoms with Crippen LogP contribution in [-0.4, -0.2) is 21.9 Å². The highest BCUT2D eigenvalue weighted by Crippen LogP contribution is 2.05. The van der Waals surface area contributed by atoms with Gasteiger partial charge in [0.1, 0.15) is 0 Å². The van der Waals surface area contributed by atoms with Crippen LogP contribution < -0.4 is 5.73 Å². The Bertz CT molecular complexity index is 217. The van der Waals surface area contributed by atoms with Gasteiger partial charge in [0.05, 0.1) is 6.61 Å². The second-order valence-corrected chi connectivity index (χ2v) is 5.51. The standard InChI is InChI=1S/C8H19NO3S2/c9-7-5-3-1-2-4-6-8-12-14(10,11)13/h1-9H2,(H,10,11,13). The molecule has 0 aromatic heterocycles. The molecule has 0 aromatic carbocycles. The quantitative estimate of drug-likeness (QED) is 0.598. The van der Waals surface area contributed by atoms with Crippen molar-refractivity contribution in [3.63, 3.8) is 0 Å². The number of rotatable bonds is 9. The summed E-state index contributed by atoms with van der Waals surface area (Å²) in [5.41, 5.74) is 5.35. The van der Waals surface area contributed by atoms with Crippen LogP contribution in [0.4, 0.5) is 0 Å². The van der Waals surface area contributed by atoms with Gasteiger partial charge in [-0.3, -0.25) is 8.74 Å². The minimum absolute atomic E-state index is 0.274. The van der Waals surface area contributed by atoms with E-state index in [1.807, 2.05) is 0 Å². The molecule has 14 heavy (non-hydrogen) atoms. The summed E-state index contributed by atoms with van der Waals surface area (Å²) in [6, 6.07) is 0. The van der Waals surface area contributed by atoms with Gasteiger partial charge in [-0.2, -0.15) is 4.21 Å².